The van der Waals surface area contributed by atoms with Gasteiger partial charge in [-0.25, -0.2) is 4.79 Å². The fourth-order valence-corrected chi connectivity index (χ4v) is 2.44. The summed E-state index contributed by atoms with van der Waals surface area (Å²) in [6.07, 6.45) is 3.31. The van der Waals surface area contributed by atoms with Crippen molar-refractivity contribution in [2.45, 2.75) is 51.0 Å². The molecule has 1 aliphatic carbocycles. The number of carboxylic acid groups (broad SMARTS) is 1. The third kappa shape index (κ3) is 1.39. The molecule has 74 valence electrons. The van der Waals surface area contributed by atoms with Gasteiger partial charge in [0.2, 0.25) is 0 Å². The van der Waals surface area contributed by atoms with E-state index >= 15 is 0 Å². The maximum atomic E-state index is 10.9. The normalized spacial score (nSPS) is 38.8. The second kappa shape index (κ2) is 3.18. The van der Waals surface area contributed by atoms with Gasteiger partial charge in [0.25, 0.3) is 0 Å². The van der Waals surface area contributed by atoms with Gasteiger partial charge in [-0.15, -0.1) is 0 Å². The first-order valence-corrected chi connectivity index (χ1v) is 4.87. The molecule has 1 heterocycles. The summed E-state index contributed by atoms with van der Waals surface area (Å²) in [4.78, 5) is 12.4. The van der Waals surface area contributed by atoms with Crippen LogP contribution in [0.15, 0.2) is 0 Å². The van der Waals surface area contributed by atoms with Crippen LogP contribution in [0.1, 0.15) is 32.6 Å². The highest BCUT2D eigenvalue weighted by atomic mass is 16.5. The van der Waals surface area contributed by atoms with Gasteiger partial charge < -0.3 is 9.84 Å². The molecule has 0 aromatic carbocycles. The Labute approximate surface area is 77.5 Å². The van der Waals surface area contributed by atoms with Crippen LogP contribution >= 0.6 is 0 Å². The highest BCUT2D eigenvalue weighted by Gasteiger charge is 2.43. The molecule has 0 aromatic rings. The minimum atomic E-state index is -0.845. The molecule has 0 aromatic heterocycles. The van der Waals surface area contributed by atoms with Gasteiger partial charge in [0.05, 0.1) is 12.1 Å². The van der Waals surface area contributed by atoms with E-state index in [0.717, 1.165) is 19.3 Å². The minimum Gasteiger partial charge on any atom is -0.465 e. The molecule has 13 heavy (non-hydrogen) atoms. The molecule has 1 saturated carbocycles. The number of hydrogen-bond acceptors (Lipinski definition) is 2. The van der Waals surface area contributed by atoms with Crippen molar-refractivity contribution in [3.63, 3.8) is 0 Å². The van der Waals surface area contributed by atoms with Crippen molar-refractivity contribution in [1.29, 1.82) is 0 Å². The second-order valence-electron chi connectivity index (χ2n) is 3.82. The van der Waals surface area contributed by atoms with Crippen LogP contribution in [-0.2, 0) is 4.74 Å². The Hall–Kier alpha value is -0.770. The molecule has 1 amide bonds. The van der Waals surface area contributed by atoms with Crippen LogP contribution in [0, 0.1) is 0 Å². The average molecular weight is 185 g/mol. The number of nitrogens with zero attached hydrogens (tertiary/aromatic N) is 1. The zero-order valence-corrected chi connectivity index (χ0v) is 7.77. The first-order chi connectivity index (χ1) is 6.20. The Morgan fingerprint density at radius 2 is 2.15 bits per heavy atom. The van der Waals surface area contributed by atoms with E-state index in [0.29, 0.717) is 0 Å². The van der Waals surface area contributed by atoms with Gasteiger partial charge in [0.1, 0.15) is 6.23 Å². The molecular weight excluding hydrogens is 170 g/mol. The predicted molar refractivity (Wildman–Crippen MR) is 46.5 cm³/mol. The number of rotatable bonds is 0. The van der Waals surface area contributed by atoms with E-state index in [4.69, 9.17) is 9.84 Å². The molecule has 0 unspecified atom stereocenters. The molecule has 4 heteroatoms. The van der Waals surface area contributed by atoms with Crippen LogP contribution < -0.4 is 0 Å². The SMILES string of the molecule is C[C@H]1O[C@@H]2CCCC[C@@H]2N1C(=O)O. The largest absolute Gasteiger partial charge is 0.465 e. The number of ether oxygens (including phenoxy) is 1. The summed E-state index contributed by atoms with van der Waals surface area (Å²) in [5, 5.41) is 8.97. The lowest BCUT2D eigenvalue weighted by molar-refractivity contribution is 0.0132. The number of hydrogen-bond donors (Lipinski definition) is 1. The van der Waals surface area contributed by atoms with Crippen molar-refractivity contribution in [3.05, 3.63) is 0 Å². The number of amides is 1. The molecule has 3 atom stereocenters. The molecule has 0 bridgehead atoms. The molecule has 0 spiro atoms. The Morgan fingerprint density at radius 1 is 1.46 bits per heavy atom. The zero-order chi connectivity index (χ0) is 9.42. The lowest BCUT2D eigenvalue weighted by atomic mass is 9.92. The van der Waals surface area contributed by atoms with Crippen molar-refractivity contribution in [3.8, 4) is 0 Å². The molecular formula is C9H15NO3. The van der Waals surface area contributed by atoms with Crippen molar-refractivity contribution in [2.75, 3.05) is 0 Å². The van der Waals surface area contributed by atoms with E-state index in [1.807, 2.05) is 6.92 Å². The maximum absolute atomic E-state index is 10.9. The quantitative estimate of drug-likeness (QED) is 0.624. The topological polar surface area (TPSA) is 49.8 Å². The molecule has 1 aliphatic heterocycles. The first kappa shape index (κ1) is 8.81. The standard InChI is InChI=1S/C9H15NO3/c1-6-10(9(11)12)7-4-2-3-5-8(7)13-6/h6-8H,2-5H2,1H3,(H,11,12)/t6-,7+,8-/m1/s1. The predicted octanol–water partition coefficient (Wildman–Crippen LogP) is 1.65. The van der Waals surface area contributed by atoms with Crippen LogP contribution in [0.4, 0.5) is 4.79 Å². The summed E-state index contributed by atoms with van der Waals surface area (Å²) in [6.45, 7) is 1.81. The smallest absolute Gasteiger partial charge is 0.409 e. The van der Waals surface area contributed by atoms with E-state index in [1.165, 1.54) is 11.3 Å². The van der Waals surface area contributed by atoms with Crippen LogP contribution in [0.5, 0.6) is 0 Å². The summed E-state index contributed by atoms with van der Waals surface area (Å²) in [5.74, 6) is 0. The highest BCUT2D eigenvalue weighted by molar-refractivity contribution is 5.66. The zero-order valence-electron chi connectivity index (χ0n) is 7.77. The number of carbonyl (C=O) groups is 1. The van der Waals surface area contributed by atoms with Crippen LogP contribution in [0.3, 0.4) is 0 Å². The van der Waals surface area contributed by atoms with Gasteiger partial charge in [-0.3, -0.25) is 4.90 Å². The lowest BCUT2D eigenvalue weighted by Gasteiger charge is -2.28. The molecule has 1 saturated heterocycles. The lowest BCUT2D eigenvalue weighted by Crippen LogP contribution is -2.42. The van der Waals surface area contributed by atoms with Crippen molar-refractivity contribution in [2.24, 2.45) is 0 Å². The van der Waals surface area contributed by atoms with Gasteiger partial charge in [-0.05, 0) is 19.8 Å². The van der Waals surface area contributed by atoms with Gasteiger partial charge >= 0.3 is 6.09 Å². The Morgan fingerprint density at radius 3 is 2.85 bits per heavy atom. The van der Waals surface area contributed by atoms with Gasteiger partial charge in [-0.1, -0.05) is 12.8 Å². The summed E-state index contributed by atoms with van der Waals surface area (Å²) in [7, 11) is 0. The number of fused-ring (bicyclic) bond motifs is 1. The average Bonchev–Trinajstić information content (AvgIpc) is 2.39. The molecule has 0 radical (unpaired) electrons. The van der Waals surface area contributed by atoms with E-state index < -0.39 is 6.09 Å². The Balaban J connectivity index is 2.13. The summed E-state index contributed by atoms with van der Waals surface area (Å²) >= 11 is 0. The van der Waals surface area contributed by atoms with E-state index in [1.54, 1.807) is 0 Å². The molecule has 2 rings (SSSR count). The molecule has 4 nitrogen and oxygen atoms in total. The van der Waals surface area contributed by atoms with Gasteiger partial charge in [-0.2, -0.15) is 0 Å². The fourth-order valence-electron chi connectivity index (χ4n) is 2.44. The van der Waals surface area contributed by atoms with Crippen LogP contribution in [0.25, 0.3) is 0 Å². The van der Waals surface area contributed by atoms with Crippen LogP contribution in [-0.4, -0.2) is 34.5 Å². The third-order valence-electron chi connectivity index (χ3n) is 3.01. The monoisotopic (exact) mass is 185 g/mol. The van der Waals surface area contributed by atoms with Crippen LogP contribution in [0.2, 0.25) is 0 Å². The summed E-state index contributed by atoms with van der Waals surface area (Å²) < 4.78 is 5.58. The van der Waals surface area contributed by atoms with Gasteiger partial charge in [0, 0.05) is 0 Å². The van der Waals surface area contributed by atoms with E-state index in [-0.39, 0.29) is 18.4 Å². The van der Waals surface area contributed by atoms with Crippen molar-refractivity contribution >= 4 is 6.09 Å². The summed E-state index contributed by atoms with van der Waals surface area (Å²) in [6, 6.07) is 0.112. The fraction of sp³-hybridized carbons (Fsp3) is 0.889. The third-order valence-corrected chi connectivity index (χ3v) is 3.01. The van der Waals surface area contributed by atoms with E-state index in [2.05, 4.69) is 0 Å². The van der Waals surface area contributed by atoms with Crippen molar-refractivity contribution in [1.82, 2.24) is 4.90 Å². The summed E-state index contributed by atoms with van der Waals surface area (Å²) in [5.41, 5.74) is 0. The Bertz CT molecular complexity index is 219. The Kier molecular flexibility index (Phi) is 2.15. The minimum absolute atomic E-state index is 0.112. The molecule has 1 N–H and O–H groups in total. The highest BCUT2D eigenvalue weighted by Crippen LogP contribution is 2.33. The van der Waals surface area contributed by atoms with Crippen molar-refractivity contribution < 1.29 is 14.6 Å². The van der Waals surface area contributed by atoms with E-state index in [9.17, 15) is 4.79 Å². The maximum Gasteiger partial charge on any atom is 0.409 e. The first-order valence-electron chi connectivity index (χ1n) is 4.87. The van der Waals surface area contributed by atoms with Gasteiger partial charge in [0.15, 0.2) is 0 Å². The second-order valence-corrected chi connectivity index (χ2v) is 3.82. The molecule has 2 aliphatic rings. The molecule has 2 fully saturated rings.